The molecule has 23 heavy (non-hydrogen) atoms. The molecule has 4 heterocycles. The van der Waals surface area contributed by atoms with Gasteiger partial charge in [0.1, 0.15) is 5.60 Å². The molecular formula is C17H23N3O3. The Kier molecular flexibility index (Phi) is 4.20. The summed E-state index contributed by atoms with van der Waals surface area (Å²) in [6.07, 6.45) is 10.3. The van der Waals surface area contributed by atoms with Crippen molar-refractivity contribution in [2.75, 3.05) is 32.9 Å². The van der Waals surface area contributed by atoms with Crippen LogP contribution in [0.4, 0.5) is 0 Å². The van der Waals surface area contributed by atoms with E-state index in [1.54, 1.807) is 6.26 Å². The van der Waals surface area contributed by atoms with E-state index in [0.29, 0.717) is 12.5 Å². The van der Waals surface area contributed by atoms with Gasteiger partial charge in [0.25, 0.3) is 0 Å². The maximum absolute atomic E-state index is 6.25. The Balaban J connectivity index is 1.40. The highest BCUT2D eigenvalue weighted by atomic mass is 16.5. The van der Waals surface area contributed by atoms with Crippen LogP contribution in [0.2, 0.25) is 0 Å². The van der Waals surface area contributed by atoms with Gasteiger partial charge < -0.3 is 18.5 Å². The molecule has 2 fully saturated rings. The highest BCUT2D eigenvalue weighted by Crippen LogP contribution is 2.34. The van der Waals surface area contributed by atoms with Crippen molar-refractivity contribution in [2.45, 2.75) is 25.1 Å². The Bertz CT molecular complexity index is 599. The molecule has 0 aromatic carbocycles. The summed E-state index contributed by atoms with van der Waals surface area (Å²) in [5.74, 6) is 0.515. The van der Waals surface area contributed by atoms with Crippen molar-refractivity contribution < 1.29 is 13.9 Å². The first-order chi connectivity index (χ1) is 11.3. The van der Waals surface area contributed by atoms with Crippen molar-refractivity contribution >= 4 is 0 Å². The lowest BCUT2D eigenvalue weighted by Gasteiger charge is -2.31. The third kappa shape index (κ3) is 3.49. The number of imidazole rings is 1. The zero-order chi connectivity index (χ0) is 15.5. The van der Waals surface area contributed by atoms with Gasteiger partial charge in [-0.25, -0.2) is 4.98 Å². The largest absolute Gasteiger partial charge is 0.472 e. The molecule has 0 saturated carbocycles. The van der Waals surface area contributed by atoms with Crippen LogP contribution in [0.15, 0.2) is 41.7 Å². The third-order valence-corrected chi connectivity index (χ3v) is 4.73. The van der Waals surface area contributed by atoms with Crippen LogP contribution >= 0.6 is 0 Å². The van der Waals surface area contributed by atoms with Gasteiger partial charge >= 0.3 is 0 Å². The number of aromatic nitrogens is 2. The molecule has 0 aliphatic carbocycles. The molecule has 2 aliphatic rings. The van der Waals surface area contributed by atoms with Gasteiger partial charge in [-0.1, -0.05) is 0 Å². The average Bonchev–Trinajstić information content (AvgIpc) is 3.25. The lowest BCUT2D eigenvalue weighted by Crippen LogP contribution is -2.43. The maximum atomic E-state index is 6.25. The Morgan fingerprint density at radius 1 is 1.39 bits per heavy atom. The summed E-state index contributed by atoms with van der Waals surface area (Å²) in [7, 11) is 0. The topological polar surface area (TPSA) is 52.7 Å². The molecule has 2 saturated heterocycles. The summed E-state index contributed by atoms with van der Waals surface area (Å²) in [5, 5.41) is 0. The quantitative estimate of drug-likeness (QED) is 0.860. The predicted molar refractivity (Wildman–Crippen MR) is 83.8 cm³/mol. The van der Waals surface area contributed by atoms with Gasteiger partial charge in [-0.15, -0.1) is 0 Å². The minimum absolute atomic E-state index is 0.175. The monoisotopic (exact) mass is 317 g/mol. The second-order valence-electron chi connectivity index (χ2n) is 6.72. The maximum Gasteiger partial charge on any atom is 0.104 e. The fraction of sp³-hybridized carbons (Fsp3) is 0.588. The van der Waals surface area contributed by atoms with Crippen LogP contribution in [0.25, 0.3) is 0 Å². The van der Waals surface area contributed by atoms with Crippen LogP contribution in [-0.4, -0.2) is 53.0 Å². The first kappa shape index (κ1) is 14.9. The second kappa shape index (κ2) is 6.47. The van der Waals surface area contributed by atoms with E-state index in [1.165, 1.54) is 5.56 Å². The fourth-order valence-electron chi connectivity index (χ4n) is 3.72. The summed E-state index contributed by atoms with van der Waals surface area (Å²) in [6, 6.07) is 2.02. The summed E-state index contributed by atoms with van der Waals surface area (Å²) < 4.78 is 19.4. The SMILES string of the molecule is c1cn(CC2COC3(COCCN(Cc4ccoc4)C3)C2)cn1. The third-order valence-electron chi connectivity index (χ3n) is 4.73. The molecule has 6 nitrogen and oxygen atoms in total. The van der Waals surface area contributed by atoms with Crippen LogP contribution in [0.3, 0.4) is 0 Å². The number of ether oxygens (including phenoxy) is 2. The van der Waals surface area contributed by atoms with Crippen molar-refractivity contribution in [3.63, 3.8) is 0 Å². The van der Waals surface area contributed by atoms with Gasteiger partial charge in [0.15, 0.2) is 0 Å². The van der Waals surface area contributed by atoms with Gasteiger partial charge in [0.05, 0.1) is 38.7 Å². The van der Waals surface area contributed by atoms with Gasteiger partial charge in [0, 0.05) is 50.1 Å². The molecule has 0 bridgehead atoms. The standard InChI is InChI=1S/C17H23N3O3/c1-5-21-10-15(1)8-19-4-6-22-13-17(12-19)7-16(11-23-17)9-20-3-2-18-14-20/h1-3,5,10,14,16H,4,6-9,11-13H2. The molecule has 2 unspecified atom stereocenters. The Morgan fingerprint density at radius 2 is 2.39 bits per heavy atom. The van der Waals surface area contributed by atoms with Crippen molar-refractivity contribution in [1.29, 1.82) is 0 Å². The van der Waals surface area contributed by atoms with Gasteiger partial charge in [-0.2, -0.15) is 0 Å². The van der Waals surface area contributed by atoms with Crippen LogP contribution in [0, 0.1) is 5.92 Å². The summed E-state index contributed by atoms with van der Waals surface area (Å²) in [6.45, 7) is 5.94. The summed E-state index contributed by atoms with van der Waals surface area (Å²) >= 11 is 0. The van der Waals surface area contributed by atoms with E-state index in [-0.39, 0.29) is 5.60 Å². The van der Waals surface area contributed by atoms with E-state index in [1.807, 2.05) is 31.1 Å². The number of furan rings is 1. The molecule has 2 aromatic heterocycles. The molecule has 2 atom stereocenters. The summed E-state index contributed by atoms with van der Waals surface area (Å²) in [5.41, 5.74) is 1.03. The molecule has 0 radical (unpaired) electrons. The highest BCUT2D eigenvalue weighted by Gasteiger charge is 2.43. The Labute approximate surface area is 136 Å². The van der Waals surface area contributed by atoms with E-state index in [4.69, 9.17) is 13.9 Å². The zero-order valence-corrected chi connectivity index (χ0v) is 13.3. The van der Waals surface area contributed by atoms with Gasteiger partial charge in [0.2, 0.25) is 0 Å². The van der Waals surface area contributed by atoms with Crippen molar-refractivity contribution in [2.24, 2.45) is 5.92 Å². The molecule has 2 aliphatic heterocycles. The van der Waals surface area contributed by atoms with E-state index in [9.17, 15) is 0 Å². The number of hydrogen-bond donors (Lipinski definition) is 0. The summed E-state index contributed by atoms with van der Waals surface area (Å²) in [4.78, 5) is 6.53. The Morgan fingerprint density at radius 3 is 3.22 bits per heavy atom. The van der Waals surface area contributed by atoms with Crippen LogP contribution in [-0.2, 0) is 22.6 Å². The van der Waals surface area contributed by atoms with Crippen LogP contribution in [0.5, 0.6) is 0 Å². The van der Waals surface area contributed by atoms with Crippen molar-refractivity contribution in [1.82, 2.24) is 14.5 Å². The number of rotatable bonds is 4. The van der Waals surface area contributed by atoms with Crippen LogP contribution in [0.1, 0.15) is 12.0 Å². The molecule has 2 aromatic rings. The molecular weight excluding hydrogens is 294 g/mol. The molecule has 124 valence electrons. The Hall–Kier alpha value is -1.63. The normalized spacial score (nSPS) is 29.1. The lowest BCUT2D eigenvalue weighted by atomic mass is 9.94. The molecule has 4 rings (SSSR count). The molecule has 6 heteroatoms. The van der Waals surface area contributed by atoms with Gasteiger partial charge in [-0.05, 0) is 12.5 Å². The number of nitrogens with zero attached hydrogens (tertiary/aromatic N) is 3. The molecule has 0 N–H and O–H groups in total. The molecule has 1 spiro atoms. The van der Waals surface area contributed by atoms with Gasteiger partial charge in [-0.3, -0.25) is 4.90 Å². The smallest absolute Gasteiger partial charge is 0.104 e. The van der Waals surface area contributed by atoms with E-state index < -0.39 is 0 Å². The fourth-order valence-corrected chi connectivity index (χ4v) is 3.72. The highest BCUT2D eigenvalue weighted by molar-refractivity contribution is 5.06. The van der Waals surface area contributed by atoms with E-state index >= 15 is 0 Å². The van der Waals surface area contributed by atoms with E-state index in [2.05, 4.69) is 14.5 Å². The van der Waals surface area contributed by atoms with Crippen molar-refractivity contribution in [3.05, 3.63) is 42.9 Å². The zero-order valence-electron chi connectivity index (χ0n) is 13.3. The minimum atomic E-state index is -0.175. The first-order valence-corrected chi connectivity index (χ1v) is 8.22. The number of hydrogen-bond acceptors (Lipinski definition) is 5. The van der Waals surface area contributed by atoms with Crippen LogP contribution < -0.4 is 0 Å². The lowest BCUT2D eigenvalue weighted by molar-refractivity contribution is -0.0563. The second-order valence-corrected chi connectivity index (χ2v) is 6.72. The van der Waals surface area contributed by atoms with Crippen molar-refractivity contribution in [3.8, 4) is 0 Å². The first-order valence-electron chi connectivity index (χ1n) is 8.22. The average molecular weight is 317 g/mol. The van der Waals surface area contributed by atoms with E-state index in [0.717, 1.165) is 45.8 Å². The predicted octanol–water partition coefficient (Wildman–Crippen LogP) is 1.78. The minimum Gasteiger partial charge on any atom is -0.472 e. The molecule has 0 amide bonds.